The van der Waals surface area contributed by atoms with Crippen LogP contribution in [0.15, 0.2) is 48.5 Å². The van der Waals surface area contributed by atoms with Crippen LogP contribution >= 0.6 is 0 Å². The van der Waals surface area contributed by atoms with Crippen LogP contribution in [0.4, 0.5) is 0 Å². The van der Waals surface area contributed by atoms with Crippen LogP contribution < -0.4 is 15.8 Å². The molecule has 5 heteroatoms. The zero-order valence-electron chi connectivity index (χ0n) is 13.5. The summed E-state index contributed by atoms with van der Waals surface area (Å²) in [7, 11) is 1.64. The van der Waals surface area contributed by atoms with Gasteiger partial charge in [-0.15, -0.1) is 0 Å². The van der Waals surface area contributed by atoms with E-state index >= 15 is 0 Å². The zero-order chi connectivity index (χ0) is 16.9. The van der Waals surface area contributed by atoms with Crippen molar-refractivity contribution in [2.45, 2.75) is 25.1 Å². The van der Waals surface area contributed by atoms with E-state index in [9.17, 15) is 10.2 Å². The van der Waals surface area contributed by atoms with Crippen molar-refractivity contribution < 1.29 is 14.9 Å². The first kappa shape index (κ1) is 17.3. The van der Waals surface area contributed by atoms with Crippen molar-refractivity contribution in [2.24, 2.45) is 5.73 Å². The predicted molar refractivity (Wildman–Crippen MR) is 90.4 cm³/mol. The van der Waals surface area contributed by atoms with Crippen molar-refractivity contribution in [3.63, 3.8) is 0 Å². The van der Waals surface area contributed by atoms with Gasteiger partial charge in [-0.1, -0.05) is 24.3 Å². The summed E-state index contributed by atoms with van der Waals surface area (Å²) in [6, 6.07) is 14.3. The summed E-state index contributed by atoms with van der Waals surface area (Å²) >= 11 is 0. The molecule has 23 heavy (non-hydrogen) atoms. The average Bonchev–Trinajstić information content (AvgIpc) is 2.54. The van der Waals surface area contributed by atoms with Gasteiger partial charge in [0.15, 0.2) is 5.72 Å². The van der Waals surface area contributed by atoms with E-state index in [2.05, 4.69) is 5.32 Å². The Balaban J connectivity index is 1.89. The van der Waals surface area contributed by atoms with Gasteiger partial charge in [0.1, 0.15) is 11.5 Å². The Morgan fingerprint density at radius 2 is 1.74 bits per heavy atom. The number of phenols is 1. The molecule has 0 aliphatic carbocycles. The average molecular weight is 316 g/mol. The minimum absolute atomic E-state index is 0.144. The molecule has 0 aliphatic rings. The summed E-state index contributed by atoms with van der Waals surface area (Å²) in [5, 5.41) is 22.9. The largest absolute Gasteiger partial charge is 0.508 e. The number of aromatic hydroxyl groups is 1. The number of phenolic OH excluding ortho intramolecular Hbond substituents is 1. The van der Waals surface area contributed by atoms with Gasteiger partial charge < -0.3 is 20.3 Å². The number of nitrogens with two attached hydrogens (primary N) is 1. The highest BCUT2D eigenvalue weighted by molar-refractivity contribution is 5.30. The fraction of sp³-hybridized carbons (Fsp3) is 0.333. The molecule has 5 N–H and O–H groups in total. The van der Waals surface area contributed by atoms with E-state index in [0.29, 0.717) is 5.56 Å². The summed E-state index contributed by atoms with van der Waals surface area (Å²) < 4.78 is 5.14. The van der Waals surface area contributed by atoms with Gasteiger partial charge in [0.2, 0.25) is 0 Å². The second kappa shape index (κ2) is 7.46. The zero-order valence-corrected chi connectivity index (χ0v) is 13.5. The third-order valence-corrected chi connectivity index (χ3v) is 3.79. The minimum Gasteiger partial charge on any atom is -0.508 e. The second-order valence-electron chi connectivity index (χ2n) is 5.81. The van der Waals surface area contributed by atoms with Crippen molar-refractivity contribution in [3.05, 3.63) is 59.7 Å². The first-order chi connectivity index (χ1) is 10.9. The normalized spacial score (nSPS) is 15.0. The van der Waals surface area contributed by atoms with E-state index in [1.807, 2.05) is 31.2 Å². The Hall–Kier alpha value is -2.08. The molecule has 0 bridgehead atoms. The molecule has 0 aromatic heterocycles. The van der Waals surface area contributed by atoms with E-state index in [0.717, 1.165) is 12.2 Å². The molecule has 2 aromatic rings. The van der Waals surface area contributed by atoms with Gasteiger partial charge in [-0.25, -0.2) is 0 Å². The summed E-state index contributed by atoms with van der Waals surface area (Å²) in [4.78, 5) is 0. The fourth-order valence-electron chi connectivity index (χ4n) is 2.37. The van der Waals surface area contributed by atoms with Crippen LogP contribution in [0.3, 0.4) is 0 Å². The Bertz CT molecular complexity index is 609. The van der Waals surface area contributed by atoms with Crippen molar-refractivity contribution in [2.75, 3.05) is 13.7 Å². The number of ether oxygens (including phenoxy) is 1. The smallest absolute Gasteiger partial charge is 0.152 e. The van der Waals surface area contributed by atoms with Crippen molar-refractivity contribution >= 4 is 0 Å². The number of methoxy groups -OCH3 is 1. The number of nitrogens with one attached hydrogen (secondary N) is 1. The molecule has 0 fully saturated rings. The molecule has 2 unspecified atom stereocenters. The molecule has 0 saturated carbocycles. The monoisotopic (exact) mass is 316 g/mol. The molecular formula is C18H24N2O3. The third kappa shape index (κ3) is 4.96. The highest BCUT2D eigenvalue weighted by Crippen LogP contribution is 2.18. The molecule has 124 valence electrons. The molecule has 2 rings (SSSR count). The lowest BCUT2D eigenvalue weighted by Crippen LogP contribution is -2.48. The summed E-state index contributed by atoms with van der Waals surface area (Å²) in [6.07, 6.45) is 0.815. The number of hydrogen-bond acceptors (Lipinski definition) is 5. The quantitative estimate of drug-likeness (QED) is 0.584. The van der Waals surface area contributed by atoms with Gasteiger partial charge >= 0.3 is 0 Å². The summed E-state index contributed by atoms with van der Waals surface area (Å²) in [6.45, 7) is 2.26. The molecule has 2 atom stereocenters. The van der Waals surface area contributed by atoms with Gasteiger partial charge in [-0.05, 0) is 48.7 Å². The standard InChI is InChI=1S/C18H24N2O3/c1-13(11-14-3-9-17(23-2)10-4-14)20-12-18(19,22)15-5-7-16(21)8-6-15/h3-10,13,20-22H,11-12,19H2,1-2H3. The number of rotatable bonds is 7. The maximum atomic E-state index is 10.4. The van der Waals surface area contributed by atoms with Crippen LogP contribution in [0, 0.1) is 0 Å². The van der Waals surface area contributed by atoms with Crippen LogP contribution in [0.5, 0.6) is 11.5 Å². The summed E-state index contributed by atoms with van der Waals surface area (Å²) in [5.41, 5.74) is 6.21. The van der Waals surface area contributed by atoms with Crippen LogP contribution in [-0.2, 0) is 12.1 Å². The second-order valence-corrected chi connectivity index (χ2v) is 5.81. The van der Waals surface area contributed by atoms with E-state index in [1.54, 1.807) is 19.2 Å². The van der Waals surface area contributed by atoms with E-state index in [-0.39, 0.29) is 18.3 Å². The minimum atomic E-state index is -1.48. The maximum absolute atomic E-state index is 10.4. The lowest BCUT2D eigenvalue weighted by Gasteiger charge is -2.26. The Labute approximate surface area is 136 Å². The number of hydrogen-bond donors (Lipinski definition) is 4. The van der Waals surface area contributed by atoms with Gasteiger partial charge in [0.25, 0.3) is 0 Å². The molecule has 5 nitrogen and oxygen atoms in total. The van der Waals surface area contributed by atoms with Crippen LogP contribution in [0.25, 0.3) is 0 Å². The fourth-order valence-corrected chi connectivity index (χ4v) is 2.37. The lowest BCUT2D eigenvalue weighted by molar-refractivity contribution is 0.0411. The van der Waals surface area contributed by atoms with Crippen LogP contribution in [0.1, 0.15) is 18.1 Å². The van der Waals surface area contributed by atoms with Crippen LogP contribution in [0.2, 0.25) is 0 Å². The van der Waals surface area contributed by atoms with E-state index < -0.39 is 5.72 Å². The highest BCUT2D eigenvalue weighted by atomic mass is 16.5. The van der Waals surface area contributed by atoms with Crippen LogP contribution in [-0.4, -0.2) is 29.9 Å². The first-order valence-electron chi connectivity index (χ1n) is 7.58. The first-order valence-corrected chi connectivity index (χ1v) is 7.58. The lowest BCUT2D eigenvalue weighted by atomic mass is 10.0. The topological polar surface area (TPSA) is 87.7 Å². The highest BCUT2D eigenvalue weighted by Gasteiger charge is 2.24. The summed E-state index contributed by atoms with van der Waals surface area (Å²) in [5.74, 6) is 0.975. The Morgan fingerprint density at radius 3 is 2.30 bits per heavy atom. The van der Waals surface area contributed by atoms with Gasteiger partial charge in [0.05, 0.1) is 7.11 Å². The van der Waals surface area contributed by atoms with Crippen molar-refractivity contribution in [3.8, 4) is 11.5 Å². The van der Waals surface area contributed by atoms with Gasteiger partial charge in [0, 0.05) is 12.6 Å². The molecule has 0 aliphatic heterocycles. The van der Waals surface area contributed by atoms with E-state index in [4.69, 9.17) is 10.5 Å². The molecular weight excluding hydrogens is 292 g/mol. The molecule has 2 aromatic carbocycles. The van der Waals surface area contributed by atoms with Gasteiger partial charge in [-0.2, -0.15) is 0 Å². The van der Waals surface area contributed by atoms with Gasteiger partial charge in [-0.3, -0.25) is 5.73 Å². The number of benzene rings is 2. The molecule has 0 spiro atoms. The van der Waals surface area contributed by atoms with Crippen molar-refractivity contribution in [1.82, 2.24) is 5.32 Å². The third-order valence-electron chi connectivity index (χ3n) is 3.79. The number of aliphatic hydroxyl groups is 1. The van der Waals surface area contributed by atoms with E-state index in [1.165, 1.54) is 17.7 Å². The van der Waals surface area contributed by atoms with Crippen molar-refractivity contribution in [1.29, 1.82) is 0 Å². The maximum Gasteiger partial charge on any atom is 0.152 e. The molecule has 0 heterocycles. The SMILES string of the molecule is COc1ccc(CC(C)NCC(N)(O)c2ccc(O)cc2)cc1. The molecule has 0 saturated heterocycles. The Kier molecular flexibility index (Phi) is 5.60. The Morgan fingerprint density at radius 1 is 1.13 bits per heavy atom. The predicted octanol–water partition coefficient (Wildman–Crippen LogP) is 1.73. The molecule has 0 amide bonds. The molecule has 0 radical (unpaired) electrons.